The fourth-order valence-corrected chi connectivity index (χ4v) is 5.61. The number of nitriles is 1. The maximum atomic E-state index is 13.0. The topological polar surface area (TPSA) is 100 Å². The molecule has 0 saturated heterocycles. The van der Waals surface area contributed by atoms with Gasteiger partial charge in [-0.15, -0.1) is 19.2 Å². The third kappa shape index (κ3) is 8.22. The fourth-order valence-electron chi connectivity index (χ4n) is 5.32. The molecule has 0 radical (unpaired) electrons. The van der Waals surface area contributed by atoms with Crippen molar-refractivity contribution in [1.82, 2.24) is 10.6 Å². The van der Waals surface area contributed by atoms with Crippen molar-refractivity contribution in [3.8, 4) is 17.2 Å². The number of hydrogen-bond acceptors (Lipinski definition) is 7. The summed E-state index contributed by atoms with van der Waals surface area (Å²) in [5.41, 5.74) is 3.79. The molecule has 1 aliphatic heterocycles. The van der Waals surface area contributed by atoms with Gasteiger partial charge in [-0.3, -0.25) is 4.79 Å². The number of carbonyl (C=O) groups excluding carboxylic acids is 2. The minimum Gasteiger partial charge on any atom is -0.451 e. The molecule has 1 heterocycles. The van der Waals surface area contributed by atoms with E-state index in [9.17, 15) is 14.9 Å². The third-order valence-corrected chi connectivity index (χ3v) is 7.77. The largest absolute Gasteiger partial charge is 0.451 e. The lowest BCUT2D eigenvalue weighted by Crippen LogP contribution is -2.49. The smallest absolute Gasteiger partial charge is 0.339 e. The molecular formula is C33H43N3O4S. The molecule has 220 valence electrons. The number of cyclic esters (lactones) is 1. The Hall–Kier alpha value is -3.12. The van der Waals surface area contributed by atoms with Crippen molar-refractivity contribution in [2.24, 2.45) is 5.92 Å². The first-order valence-electron chi connectivity index (χ1n) is 14.4. The number of nitrogens with one attached hydrogen (secondary N) is 2. The summed E-state index contributed by atoms with van der Waals surface area (Å²) in [6.07, 6.45) is 4.70. The van der Waals surface area contributed by atoms with E-state index in [0.29, 0.717) is 30.9 Å². The highest BCUT2D eigenvalue weighted by Gasteiger charge is 2.44. The molecule has 1 amide bonds. The standard InChI is InChI=1S/C33H43N3O4S/c1-6-10-29(39-18-9-8-17-35-5)30(37)36-33(41,22-34)21-24-11-13-25(14-12-24)26-15-16-27-28(19-26)32(7-2,20-23(3)4)40-31(27)38/h6,11-16,19,23,29,35,41H,1,7-10,17-18,20-21H2,2-5H3,(H,36,37)/t29-,32?,33-/m0/s1. The highest BCUT2D eigenvalue weighted by Crippen LogP contribution is 2.45. The van der Waals surface area contributed by atoms with Crippen molar-refractivity contribution in [2.75, 3.05) is 20.2 Å². The van der Waals surface area contributed by atoms with Gasteiger partial charge in [-0.2, -0.15) is 5.26 Å². The van der Waals surface area contributed by atoms with Gasteiger partial charge in [-0.1, -0.05) is 57.2 Å². The number of thiol groups is 1. The molecular weight excluding hydrogens is 534 g/mol. The highest BCUT2D eigenvalue weighted by molar-refractivity contribution is 7.82. The quantitative estimate of drug-likeness (QED) is 0.0750. The van der Waals surface area contributed by atoms with Crippen molar-refractivity contribution in [1.29, 1.82) is 5.26 Å². The number of unbranched alkanes of at least 4 members (excludes halogenated alkanes) is 1. The van der Waals surface area contributed by atoms with Crippen LogP contribution in [0.3, 0.4) is 0 Å². The van der Waals surface area contributed by atoms with Crippen LogP contribution in [0.25, 0.3) is 11.1 Å². The van der Waals surface area contributed by atoms with Crippen LogP contribution >= 0.6 is 12.6 Å². The zero-order valence-corrected chi connectivity index (χ0v) is 25.6. The number of rotatable bonds is 16. The van der Waals surface area contributed by atoms with Crippen LogP contribution < -0.4 is 10.6 Å². The Bertz CT molecular complexity index is 1260. The molecule has 2 aromatic carbocycles. The van der Waals surface area contributed by atoms with Crippen LogP contribution in [0, 0.1) is 17.2 Å². The zero-order chi connectivity index (χ0) is 30.0. The number of benzene rings is 2. The van der Waals surface area contributed by atoms with Crippen molar-refractivity contribution >= 4 is 24.5 Å². The van der Waals surface area contributed by atoms with E-state index in [-0.39, 0.29) is 18.3 Å². The normalized spacial score (nSPS) is 18.2. The molecule has 41 heavy (non-hydrogen) atoms. The van der Waals surface area contributed by atoms with Gasteiger partial charge in [0.05, 0.1) is 5.56 Å². The lowest BCUT2D eigenvalue weighted by Gasteiger charge is -2.29. The summed E-state index contributed by atoms with van der Waals surface area (Å²) in [6.45, 7) is 11.4. The second-order valence-electron chi connectivity index (χ2n) is 11.1. The molecule has 7 nitrogen and oxygen atoms in total. The van der Waals surface area contributed by atoms with Gasteiger partial charge in [0, 0.05) is 25.0 Å². The van der Waals surface area contributed by atoms with Crippen LogP contribution in [-0.4, -0.2) is 43.1 Å². The molecule has 2 N–H and O–H groups in total. The molecule has 3 atom stereocenters. The van der Waals surface area contributed by atoms with Gasteiger partial charge in [0.1, 0.15) is 17.8 Å². The molecule has 2 aromatic rings. The second-order valence-corrected chi connectivity index (χ2v) is 11.9. The number of ether oxygens (including phenoxy) is 2. The van der Waals surface area contributed by atoms with Crippen molar-refractivity contribution < 1.29 is 19.1 Å². The summed E-state index contributed by atoms with van der Waals surface area (Å²) in [5, 5.41) is 15.8. The summed E-state index contributed by atoms with van der Waals surface area (Å²) >= 11 is 4.55. The summed E-state index contributed by atoms with van der Waals surface area (Å²) in [6, 6.07) is 15.8. The van der Waals surface area contributed by atoms with Crippen LogP contribution in [0.15, 0.2) is 55.1 Å². The Balaban J connectivity index is 1.73. The van der Waals surface area contributed by atoms with Gasteiger partial charge in [-0.05, 0) is 74.0 Å². The fraction of sp³-hybridized carbons (Fsp3) is 0.485. The number of fused-ring (bicyclic) bond motifs is 1. The first-order chi connectivity index (χ1) is 19.6. The van der Waals surface area contributed by atoms with Gasteiger partial charge < -0.3 is 20.1 Å². The summed E-state index contributed by atoms with van der Waals surface area (Å²) in [4.78, 5) is 24.2. The third-order valence-electron chi connectivity index (χ3n) is 7.40. The van der Waals surface area contributed by atoms with E-state index < -0.39 is 16.6 Å². The molecule has 3 rings (SSSR count). The second kappa shape index (κ2) is 14.7. The Kier molecular flexibility index (Phi) is 11.6. The minimum atomic E-state index is -1.41. The minimum absolute atomic E-state index is 0.210. The van der Waals surface area contributed by atoms with E-state index in [0.717, 1.165) is 48.1 Å². The maximum Gasteiger partial charge on any atom is 0.339 e. The number of esters is 1. The Morgan fingerprint density at radius 2 is 1.93 bits per heavy atom. The van der Waals surface area contributed by atoms with Crippen LogP contribution in [0.5, 0.6) is 0 Å². The molecule has 8 heteroatoms. The van der Waals surface area contributed by atoms with Crippen molar-refractivity contribution in [2.45, 2.75) is 75.9 Å². The Morgan fingerprint density at radius 3 is 2.54 bits per heavy atom. The summed E-state index contributed by atoms with van der Waals surface area (Å²) < 4.78 is 11.7. The monoisotopic (exact) mass is 577 g/mol. The van der Waals surface area contributed by atoms with Crippen LogP contribution in [0.4, 0.5) is 0 Å². The molecule has 0 bridgehead atoms. The molecule has 0 fully saturated rings. The maximum absolute atomic E-state index is 13.0. The number of hydrogen-bond donors (Lipinski definition) is 3. The van der Waals surface area contributed by atoms with Crippen LogP contribution in [-0.2, 0) is 26.3 Å². The Labute approximate surface area is 250 Å². The molecule has 0 aliphatic carbocycles. The van der Waals surface area contributed by atoms with Gasteiger partial charge >= 0.3 is 5.97 Å². The average Bonchev–Trinajstić information content (AvgIpc) is 3.22. The van der Waals surface area contributed by atoms with Crippen molar-refractivity contribution in [3.05, 3.63) is 71.8 Å². The van der Waals surface area contributed by atoms with Gasteiger partial charge in [0.25, 0.3) is 5.91 Å². The van der Waals surface area contributed by atoms with Crippen LogP contribution in [0.2, 0.25) is 0 Å². The predicted molar refractivity (Wildman–Crippen MR) is 166 cm³/mol. The van der Waals surface area contributed by atoms with Crippen molar-refractivity contribution in [3.63, 3.8) is 0 Å². The first-order valence-corrected chi connectivity index (χ1v) is 14.8. The van der Waals surface area contributed by atoms with E-state index in [1.54, 1.807) is 6.08 Å². The zero-order valence-electron chi connectivity index (χ0n) is 24.7. The average molecular weight is 578 g/mol. The molecule has 0 saturated carbocycles. The SMILES string of the molecule is C=CC[C@H](OCCCCNC)C(=O)N[C@@](S)(C#N)Cc1ccc(-c2ccc3c(c2)C(CC)(CC(C)C)OC3=O)cc1. The van der Waals surface area contributed by atoms with Gasteiger partial charge in [0.2, 0.25) is 0 Å². The molecule has 0 aromatic heterocycles. The first kappa shape index (κ1) is 32.4. The van der Waals surface area contributed by atoms with E-state index in [2.05, 4.69) is 62.7 Å². The highest BCUT2D eigenvalue weighted by atomic mass is 32.1. The van der Waals surface area contributed by atoms with Gasteiger partial charge in [0.15, 0.2) is 4.87 Å². The molecule has 0 spiro atoms. The predicted octanol–water partition coefficient (Wildman–Crippen LogP) is 5.94. The number of carbonyl (C=O) groups is 2. The lowest BCUT2D eigenvalue weighted by molar-refractivity contribution is -0.133. The summed E-state index contributed by atoms with van der Waals surface area (Å²) in [7, 11) is 1.90. The number of amides is 1. The van der Waals surface area contributed by atoms with Gasteiger partial charge in [-0.25, -0.2) is 4.79 Å². The molecule has 1 aliphatic rings. The van der Waals surface area contributed by atoms with E-state index in [1.807, 2.05) is 43.4 Å². The van der Waals surface area contributed by atoms with Crippen LogP contribution in [0.1, 0.15) is 74.4 Å². The van der Waals surface area contributed by atoms with E-state index in [4.69, 9.17) is 9.47 Å². The summed E-state index contributed by atoms with van der Waals surface area (Å²) in [5.74, 6) is -0.272. The number of nitrogens with zero attached hydrogens (tertiary/aromatic N) is 1. The van der Waals surface area contributed by atoms with E-state index in [1.165, 1.54) is 0 Å². The lowest BCUT2D eigenvalue weighted by atomic mass is 9.82. The Morgan fingerprint density at radius 1 is 1.22 bits per heavy atom. The molecule has 1 unspecified atom stereocenters. The van der Waals surface area contributed by atoms with E-state index >= 15 is 0 Å².